The van der Waals surface area contributed by atoms with Crippen LogP contribution in [0.5, 0.6) is 11.5 Å². The van der Waals surface area contributed by atoms with Crippen molar-refractivity contribution in [1.82, 2.24) is 15.6 Å². The number of anilines is 1. The van der Waals surface area contributed by atoms with Gasteiger partial charge < -0.3 is 14.8 Å². The minimum absolute atomic E-state index is 0.0276. The average molecular weight is 375 g/mol. The van der Waals surface area contributed by atoms with Gasteiger partial charge in [-0.2, -0.15) is 5.10 Å². The summed E-state index contributed by atoms with van der Waals surface area (Å²) >= 11 is 1.16. The van der Waals surface area contributed by atoms with Crippen molar-refractivity contribution in [2.75, 3.05) is 12.1 Å². The predicted molar refractivity (Wildman–Crippen MR) is 95.5 cm³/mol. The molecule has 2 heterocycles. The Bertz CT molecular complexity index is 836. The van der Waals surface area contributed by atoms with E-state index in [4.69, 9.17) is 9.47 Å². The number of ether oxygens (including phenoxy) is 2. The van der Waals surface area contributed by atoms with Crippen molar-refractivity contribution in [3.8, 4) is 11.5 Å². The topological polar surface area (TPSA) is 115 Å². The van der Waals surface area contributed by atoms with Gasteiger partial charge in [-0.15, -0.1) is 10.2 Å². The van der Waals surface area contributed by atoms with Gasteiger partial charge in [0.05, 0.1) is 12.6 Å². The number of benzene rings is 1. The van der Waals surface area contributed by atoms with Crippen LogP contribution in [0.2, 0.25) is 0 Å². The molecule has 2 aromatic rings. The Morgan fingerprint density at radius 3 is 2.96 bits per heavy atom. The summed E-state index contributed by atoms with van der Waals surface area (Å²) in [6.07, 6.45) is 2.71. The van der Waals surface area contributed by atoms with Crippen LogP contribution in [0.15, 0.2) is 23.3 Å². The second kappa shape index (κ2) is 8.39. The fraction of sp³-hybridized carbons (Fsp3) is 0.312. The van der Waals surface area contributed by atoms with Crippen LogP contribution >= 0.6 is 11.3 Å². The second-order valence-corrected chi connectivity index (χ2v) is 6.44. The first kappa shape index (κ1) is 17.8. The Balaban J connectivity index is 1.48. The van der Waals surface area contributed by atoms with Crippen LogP contribution in [-0.4, -0.2) is 35.0 Å². The van der Waals surface area contributed by atoms with Gasteiger partial charge in [-0.1, -0.05) is 18.3 Å². The van der Waals surface area contributed by atoms with Crippen LogP contribution in [0.4, 0.5) is 5.13 Å². The maximum atomic E-state index is 11.9. The van der Waals surface area contributed by atoms with E-state index < -0.39 is 0 Å². The highest BCUT2D eigenvalue weighted by molar-refractivity contribution is 7.15. The van der Waals surface area contributed by atoms with Gasteiger partial charge in [0.25, 0.3) is 0 Å². The number of carbonyl (C=O) groups is 2. The zero-order valence-corrected chi connectivity index (χ0v) is 14.8. The monoisotopic (exact) mass is 375 g/mol. The molecule has 26 heavy (non-hydrogen) atoms. The van der Waals surface area contributed by atoms with Crippen molar-refractivity contribution in [1.29, 1.82) is 0 Å². The lowest BCUT2D eigenvalue weighted by Crippen LogP contribution is -2.19. The fourth-order valence-corrected chi connectivity index (χ4v) is 2.89. The zero-order valence-electron chi connectivity index (χ0n) is 14.0. The summed E-state index contributed by atoms with van der Waals surface area (Å²) in [5.74, 6) is 0.883. The number of nitrogens with zero attached hydrogens (tertiary/aromatic N) is 3. The lowest BCUT2D eigenvalue weighted by molar-refractivity contribution is -0.120. The lowest BCUT2D eigenvalue weighted by Gasteiger charge is -1.98. The molecule has 0 fully saturated rings. The molecule has 0 spiro atoms. The molecular formula is C16H17N5O4S. The summed E-state index contributed by atoms with van der Waals surface area (Å²) in [7, 11) is 0. The second-order valence-electron chi connectivity index (χ2n) is 5.38. The van der Waals surface area contributed by atoms with Gasteiger partial charge in [-0.05, 0) is 30.2 Å². The number of hydrazone groups is 1. The molecular weight excluding hydrogens is 358 g/mol. The van der Waals surface area contributed by atoms with Crippen molar-refractivity contribution in [3.63, 3.8) is 0 Å². The van der Waals surface area contributed by atoms with Crippen molar-refractivity contribution >= 4 is 34.5 Å². The number of carbonyl (C=O) groups excluding carboxylic acids is 2. The number of fused-ring (bicyclic) bond motifs is 1. The summed E-state index contributed by atoms with van der Waals surface area (Å²) in [5.41, 5.74) is 3.20. The fourth-order valence-electron chi connectivity index (χ4n) is 2.13. The Labute approximate surface area is 153 Å². The summed E-state index contributed by atoms with van der Waals surface area (Å²) < 4.78 is 10.5. The Morgan fingerprint density at radius 2 is 2.12 bits per heavy atom. The van der Waals surface area contributed by atoms with E-state index in [0.717, 1.165) is 23.3 Å². The molecule has 0 saturated carbocycles. The van der Waals surface area contributed by atoms with Crippen LogP contribution in [-0.2, 0) is 16.0 Å². The molecule has 9 nitrogen and oxygen atoms in total. The van der Waals surface area contributed by atoms with Crippen molar-refractivity contribution in [2.24, 2.45) is 5.10 Å². The molecule has 1 aliphatic rings. The van der Waals surface area contributed by atoms with Crippen molar-refractivity contribution in [2.45, 2.75) is 26.2 Å². The molecule has 0 aliphatic carbocycles. The maximum Gasteiger partial charge on any atom is 0.247 e. The van der Waals surface area contributed by atoms with Crippen LogP contribution in [0, 0.1) is 0 Å². The molecule has 0 unspecified atom stereocenters. The molecule has 1 aromatic heterocycles. The van der Waals surface area contributed by atoms with E-state index in [1.54, 1.807) is 18.2 Å². The van der Waals surface area contributed by atoms with E-state index in [0.29, 0.717) is 28.1 Å². The Hall–Kier alpha value is -3.01. The van der Waals surface area contributed by atoms with E-state index in [1.807, 2.05) is 6.92 Å². The molecule has 0 radical (unpaired) electrons. The van der Waals surface area contributed by atoms with Crippen molar-refractivity contribution in [3.05, 3.63) is 28.8 Å². The molecule has 1 aliphatic heterocycles. The van der Waals surface area contributed by atoms with Crippen LogP contribution < -0.4 is 20.2 Å². The minimum atomic E-state index is -0.329. The number of amides is 2. The zero-order chi connectivity index (χ0) is 18.4. The summed E-state index contributed by atoms with van der Waals surface area (Å²) in [5, 5.41) is 15.2. The predicted octanol–water partition coefficient (Wildman–Crippen LogP) is 1.70. The summed E-state index contributed by atoms with van der Waals surface area (Å²) in [6, 6.07) is 5.36. The number of rotatable bonds is 7. The van der Waals surface area contributed by atoms with Crippen molar-refractivity contribution < 1.29 is 19.1 Å². The highest BCUT2D eigenvalue weighted by atomic mass is 32.1. The number of hydrogen-bond acceptors (Lipinski definition) is 8. The average Bonchev–Trinajstić information content (AvgIpc) is 3.24. The molecule has 0 atom stereocenters. The first-order valence-corrected chi connectivity index (χ1v) is 8.79. The number of aromatic nitrogens is 2. The van der Waals surface area contributed by atoms with Gasteiger partial charge in [0, 0.05) is 6.42 Å². The van der Waals surface area contributed by atoms with Crippen LogP contribution in [0.3, 0.4) is 0 Å². The quantitative estimate of drug-likeness (QED) is 0.562. The maximum absolute atomic E-state index is 11.9. The van der Waals surface area contributed by atoms with Gasteiger partial charge in [-0.3, -0.25) is 9.59 Å². The molecule has 10 heteroatoms. The van der Waals surface area contributed by atoms with Gasteiger partial charge in [0.2, 0.25) is 23.7 Å². The molecule has 2 N–H and O–H groups in total. The molecule has 136 valence electrons. The Kier molecular flexibility index (Phi) is 5.74. The van der Waals surface area contributed by atoms with E-state index in [9.17, 15) is 9.59 Å². The largest absolute Gasteiger partial charge is 0.454 e. The third-order valence-corrected chi connectivity index (χ3v) is 4.14. The standard InChI is InChI=1S/C16H17N5O4S/c1-2-3-13(22)18-16-21-20-15(26-16)7-14(23)19-17-8-10-4-5-11-12(6-10)25-9-24-11/h4-6,8H,2-3,7,9H2,1H3,(H,19,23)(H,18,21,22)/b17-8-. The first-order chi connectivity index (χ1) is 12.6. The smallest absolute Gasteiger partial charge is 0.247 e. The summed E-state index contributed by atoms with van der Waals surface area (Å²) in [4.78, 5) is 23.4. The number of hydrogen-bond donors (Lipinski definition) is 2. The highest BCUT2D eigenvalue weighted by Crippen LogP contribution is 2.31. The minimum Gasteiger partial charge on any atom is -0.454 e. The molecule has 3 rings (SSSR count). The SMILES string of the molecule is CCCC(=O)Nc1nnc(CC(=O)N/N=C\c2ccc3c(c2)OCO3)s1. The van der Waals surface area contributed by atoms with Crippen LogP contribution in [0.1, 0.15) is 30.3 Å². The number of nitrogens with one attached hydrogen (secondary N) is 2. The van der Waals surface area contributed by atoms with Gasteiger partial charge in [0.1, 0.15) is 5.01 Å². The lowest BCUT2D eigenvalue weighted by atomic mass is 10.2. The van der Waals surface area contributed by atoms with Gasteiger partial charge in [0.15, 0.2) is 11.5 Å². The van der Waals surface area contributed by atoms with E-state index in [1.165, 1.54) is 6.21 Å². The third-order valence-electron chi connectivity index (χ3n) is 3.30. The van der Waals surface area contributed by atoms with Gasteiger partial charge in [-0.25, -0.2) is 5.43 Å². The first-order valence-electron chi connectivity index (χ1n) is 7.98. The highest BCUT2D eigenvalue weighted by Gasteiger charge is 2.13. The van der Waals surface area contributed by atoms with Gasteiger partial charge >= 0.3 is 0 Å². The van der Waals surface area contributed by atoms with E-state index in [2.05, 4.69) is 26.0 Å². The van der Waals surface area contributed by atoms with E-state index >= 15 is 0 Å². The molecule has 0 bridgehead atoms. The normalized spacial score (nSPS) is 12.3. The molecule has 2 amide bonds. The third kappa shape index (κ3) is 4.76. The Morgan fingerprint density at radius 1 is 1.27 bits per heavy atom. The molecule has 1 aromatic carbocycles. The summed E-state index contributed by atoms with van der Waals surface area (Å²) in [6.45, 7) is 2.12. The molecule has 0 saturated heterocycles. The van der Waals surface area contributed by atoms with E-state index in [-0.39, 0.29) is 25.0 Å². The van der Waals surface area contributed by atoms with Crippen LogP contribution in [0.25, 0.3) is 0 Å².